The van der Waals surface area contributed by atoms with E-state index in [1.165, 1.54) is 5.56 Å². The van der Waals surface area contributed by atoms with Crippen molar-refractivity contribution in [2.75, 3.05) is 5.32 Å². The summed E-state index contributed by atoms with van der Waals surface area (Å²) in [5.74, 6) is 1.62. The summed E-state index contributed by atoms with van der Waals surface area (Å²) in [7, 11) is 0. The number of carbonyl (C=O) groups is 1. The molecule has 1 heterocycles. The number of carbonyl (C=O) groups excluding carboxylic acids is 1. The number of amides is 1. The molecule has 1 fully saturated rings. The van der Waals surface area contributed by atoms with Crippen LogP contribution >= 0.6 is 0 Å². The van der Waals surface area contributed by atoms with Gasteiger partial charge in [-0.25, -0.2) is 0 Å². The van der Waals surface area contributed by atoms with Crippen LogP contribution in [0.25, 0.3) is 0 Å². The van der Waals surface area contributed by atoms with E-state index in [1.54, 1.807) is 13.8 Å². The summed E-state index contributed by atoms with van der Waals surface area (Å²) in [5, 5.41) is 22.8. The van der Waals surface area contributed by atoms with Gasteiger partial charge in [0, 0.05) is 30.5 Å². The highest BCUT2D eigenvalue weighted by Crippen LogP contribution is 2.40. The molecule has 6 nitrogen and oxygen atoms in total. The van der Waals surface area contributed by atoms with Gasteiger partial charge in [-0.15, -0.1) is 10.2 Å². The molecular weight excluding hydrogens is 412 g/mol. The molecule has 0 radical (unpaired) electrons. The Kier molecular flexibility index (Phi) is 7.67. The van der Waals surface area contributed by atoms with Crippen molar-refractivity contribution >= 4 is 11.6 Å². The summed E-state index contributed by atoms with van der Waals surface area (Å²) in [6.07, 6.45) is 6.07. The normalized spacial score (nSPS) is 15.5. The van der Waals surface area contributed by atoms with E-state index >= 15 is 0 Å². The molecule has 0 spiro atoms. The van der Waals surface area contributed by atoms with Gasteiger partial charge in [0.25, 0.3) is 0 Å². The fraction of sp³-hybridized carbons (Fsp3) is 0.667. The van der Waals surface area contributed by atoms with E-state index in [-0.39, 0.29) is 18.2 Å². The van der Waals surface area contributed by atoms with E-state index in [2.05, 4.69) is 46.9 Å². The number of benzene rings is 1. The summed E-state index contributed by atoms with van der Waals surface area (Å²) >= 11 is 0. The van der Waals surface area contributed by atoms with E-state index in [9.17, 15) is 9.90 Å². The van der Waals surface area contributed by atoms with Crippen LogP contribution in [0.5, 0.6) is 0 Å². The van der Waals surface area contributed by atoms with Crippen LogP contribution in [0.2, 0.25) is 0 Å². The van der Waals surface area contributed by atoms with Crippen molar-refractivity contribution in [2.45, 2.75) is 111 Å². The maximum absolute atomic E-state index is 13.1. The predicted octanol–water partition coefficient (Wildman–Crippen LogP) is 5.87. The second kappa shape index (κ2) is 9.96. The molecule has 1 aliphatic rings. The Morgan fingerprint density at radius 3 is 2.45 bits per heavy atom. The Hall–Kier alpha value is -2.21. The number of rotatable bonds is 10. The number of nitrogens with zero attached hydrogens (tertiary/aromatic N) is 3. The summed E-state index contributed by atoms with van der Waals surface area (Å²) in [6, 6.07) is 6.45. The third-order valence-electron chi connectivity index (χ3n) is 6.23. The van der Waals surface area contributed by atoms with Gasteiger partial charge in [-0.05, 0) is 76.8 Å². The molecule has 3 rings (SSSR count). The molecule has 182 valence electrons. The van der Waals surface area contributed by atoms with E-state index in [1.807, 2.05) is 26.0 Å². The first-order valence-electron chi connectivity index (χ1n) is 12.4. The van der Waals surface area contributed by atoms with Crippen molar-refractivity contribution in [1.29, 1.82) is 0 Å². The van der Waals surface area contributed by atoms with Gasteiger partial charge >= 0.3 is 0 Å². The second-order valence-electron chi connectivity index (χ2n) is 11.8. The van der Waals surface area contributed by atoms with Gasteiger partial charge in [-0.3, -0.25) is 4.79 Å². The molecule has 6 heteroatoms. The summed E-state index contributed by atoms with van der Waals surface area (Å²) in [5.41, 5.74) is 2.44. The number of aromatic nitrogens is 3. The van der Waals surface area contributed by atoms with Gasteiger partial charge < -0.3 is 15.0 Å². The zero-order valence-corrected chi connectivity index (χ0v) is 21.5. The van der Waals surface area contributed by atoms with Crippen LogP contribution in [0.3, 0.4) is 0 Å². The number of aryl methyl sites for hydroxylation is 3. The van der Waals surface area contributed by atoms with E-state index in [0.717, 1.165) is 55.0 Å². The van der Waals surface area contributed by atoms with Crippen LogP contribution < -0.4 is 5.32 Å². The maximum atomic E-state index is 13.1. The lowest BCUT2D eigenvalue weighted by Crippen LogP contribution is -2.27. The molecule has 0 aliphatic heterocycles. The fourth-order valence-corrected chi connectivity index (χ4v) is 4.53. The molecule has 1 aromatic carbocycles. The quantitative estimate of drug-likeness (QED) is 0.470. The highest BCUT2D eigenvalue weighted by Gasteiger charge is 2.35. The van der Waals surface area contributed by atoms with Gasteiger partial charge in [0.05, 0.1) is 5.60 Å². The molecule has 1 saturated carbocycles. The van der Waals surface area contributed by atoms with Gasteiger partial charge in [-0.1, -0.05) is 38.5 Å². The minimum atomic E-state index is -0.905. The molecule has 1 aromatic heterocycles. The molecule has 1 amide bonds. The molecule has 1 aliphatic carbocycles. The number of nitrogens with one attached hydrogen (secondary N) is 1. The zero-order valence-electron chi connectivity index (χ0n) is 21.5. The minimum absolute atomic E-state index is 0.0594. The summed E-state index contributed by atoms with van der Waals surface area (Å²) in [6.45, 7) is 14.4. The second-order valence-corrected chi connectivity index (χ2v) is 11.8. The molecule has 0 unspecified atom stereocenters. The average Bonchev–Trinajstić information content (AvgIpc) is 3.41. The standard InChI is InChI=1S/C27H42N4O2/c1-18-10-13-22(19(2)15-18)28-24(32)16-20(17-27(6,7)33)25-30-29-23(31(25)21-11-12-21)9-8-14-26(3,4)5/h10,13,15,20-21,33H,8-9,11-12,14,16-17H2,1-7H3,(H,28,32)/t20-/m1/s1. The first-order valence-corrected chi connectivity index (χ1v) is 12.4. The Balaban J connectivity index is 1.80. The van der Waals surface area contributed by atoms with Crippen LogP contribution in [-0.2, 0) is 11.2 Å². The Morgan fingerprint density at radius 1 is 1.18 bits per heavy atom. The minimum Gasteiger partial charge on any atom is -0.390 e. The topological polar surface area (TPSA) is 80.0 Å². The van der Waals surface area contributed by atoms with Crippen LogP contribution in [0.1, 0.15) is 108 Å². The molecule has 1 atom stereocenters. The molecule has 2 aromatic rings. The number of anilines is 1. The number of hydrogen-bond donors (Lipinski definition) is 2. The lowest BCUT2D eigenvalue weighted by Gasteiger charge is -2.25. The van der Waals surface area contributed by atoms with Gasteiger partial charge in [0.15, 0.2) is 0 Å². The van der Waals surface area contributed by atoms with E-state index in [0.29, 0.717) is 17.9 Å². The van der Waals surface area contributed by atoms with Crippen LogP contribution in [0.4, 0.5) is 5.69 Å². The van der Waals surface area contributed by atoms with Crippen molar-refractivity contribution in [2.24, 2.45) is 5.41 Å². The molecular formula is C27H42N4O2. The molecule has 33 heavy (non-hydrogen) atoms. The Bertz CT molecular complexity index is 961. The lowest BCUT2D eigenvalue weighted by atomic mass is 9.89. The highest BCUT2D eigenvalue weighted by atomic mass is 16.3. The first kappa shape index (κ1) is 25.4. The summed E-state index contributed by atoms with van der Waals surface area (Å²) in [4.78, 5) is 13.1. The lowest BCUT2D eigenvalue weighted by molar-refractivity contribution is -0.116. The first-order chi connectivity index (χ1) is 15.3. The van der Waals surface area contributed by atoms with Crippen LogP contribution in [0.15, 0.2) is 18.2 Å². The monoisotopic (exact) mass is 454 g/mol. The van der Waals surface area contributed by atoms with Crippen molar-refractivity contribution in [3.05, 3.63) is 41.0 Å². The number of hydrogen-bond acceptors (Lipinski definition) is 4. The molecule has 0 saturated heterocycles. The largest absolute Gasteiger partial charge is 0.390 e. The van der Waals surface area contributed by atoms with Crippen LogP contribution in [-0.4, -0.2) is 31.4 Å². The van der Waals surface area contributed by atoms with Gasteiger partial charge in [0.2, 0.25) is 5.91 Å². The maximum Gasteiger partial charge on any atom is 0.225 e. The number of aliphatic hydroxyl groups is 1. The van der Waals surface area contributed by atoms with Crippen molar-refractivity contribution in [1.82, 2.24) is 14.8 Å². The third-order valence-corrected chi connectivity index (χ3v) is 6.23. The van der Waals surface area contributed by atoms with Crippen LogP contribution in [0, 0.1) is 19.3 Å². The summed E-state index contributed by atoms with van der Waals surface area (Å²) < 4.78 is 2.28. The fourth-order valence-electron chi connectivity index (χ4n) is 4.53. The van der Waals surface area contributed by atoms with E-state index in [4.69, 9.17) is 0 Å². The Labute approximate surface area is 199 Å². The smallest absolute Gasteiger partial charge is 0.225 e. The predicted molar refractivity (Wildman–Crippen MR) is 134 cm³/mol. The SMILES string of the molecule is Cc1ccc(NC(=O)C[C@H](CC(C)(C)O)c2nnc(CCCC(C)(C)C)n2C2CC2)c(C)c1. The highest BCUT2D eigenvalue weighted by molar-refractivity contribution is 5.92. The average molecular weight is 455 g/mol. The molecule has 2 N–H and O–H groups in total. The zero-order chi connectivity index (χ0) is 24.4. The van der Waals surface area contributed by atoms with E-state index < -0.39 is 5.60 Å². The third kappa shape index (κ3) is 7.66. The van der Waals surface area contributed by atoms with Crippen molar-refractivity contribution < 1.29 is 9.90 Å². The Morgan fingerprint density at radius 2 is 1.88 bits per heavy atom. The van der Waals surface area contributed by atoms with Crippen molar-refractivity contribution in [3.63, 3.8) is 0 Å². The van der Waals surface area contributed by atoms with Crippen molar-refractivity contribution in [3.8, 4) is 0 Å². The van der Waals surface area contributed by atoms with Gasteiger partial charge in [-0.2, -0.15) is 0 Å². The molecule has 0 bridgehead atoms. The van der Waals surface area contributed by atoms with Gasteiger partial charge in [0.1, 0.15) is 11.6 Å².